The maximum absolute atomic E-state index is 12.1. The van der Waals surface area contributed by atoms with Gasteiger partial charge < -0.3 is 5.32 Å². The Balaban J connectivity index is 2.36. The lowest BCUT2D eigenvalue weighted by Crippen LogP contribution is -2.13. The Labute approximate surface area is 175 Å². The molecule has 4 nitrogen and oxygen atoms in total. The van der Waals surface area contributed by atoms with E-state index in [4.69, 9.17) is 16.9 Å². The van der Waals surface area contributed by atoms with Crippen molar-refractivity contribution in [1.29, 1.82) is 5.26 Å². The molecule has 0 atom stereocenters. The number of carbonyl (C=O) groups excluding carboxylic acids is 2. The summed E-state index contributed by atoms with van der Waals surface area (Å²) in [5.74, 6) is -0.0954. The average molecular weight is 464 g/mol. The van der Waals surface area contributed by atoms with Gasteiger partial charge in [-0.05, 0) is 65.7 Å². The average Bonchev–Trinajstić information content (AvgIpc) is 2.62. The van der Waals surface area contributed by atoms with Crippen LogP contribution >= 0.6 is 39.3 Å². The number of hydrogen-bond donors (Lipinski definition) is 1. The molecule has 0 radical (unpaired) electrons. The molecule has 7 heteroatoms. The molecule has 0 heterocycles. The molecule has 0 aromatic heterocycles. The van der Waals surface area contributed by atoms with Crippen LogP contribution in [0.15, 0.2) is 57.5 Å². The van der Waals surface area contributed by atoms with Crippen molar-refractivity contribution in [3.8, 4) is 6.07 Å². The topological polar surface area (TPSA) is 70.0 Å². The summed E-state index contributed by atoms with van der Waals surface area (Å²) in [5.41, 5.74) is 2.31. The van der Waals surface area contributed by atoms with Crippen molar-refractivity contribution in [2.24, 2.45) is 0 Å². The van der Waals surface area contributed by atoms with Gasteiger partial charge in [0, 0.05) is 15.2 Å². The van der Waals surface area contributed by atoms with Gasteiger partial charge in [-0.2, -0.15) is 5.26 Å². The molecule has 2 rings (SSSR count). The van der Waals surface area contributed by atoms with Crippen LogP contribution in [0.2, 0.25) is 5.02 Å². The molecule has 0 fully saturated rings. The van der Waals surface area contributed by atoms with Crippen LogP contribution < -0.4 is 5.32 Å². The van der Waals surface area contributed by atoms with Gasteiger partial charge in [0.25, 0.3) is 0 Å². The number of nitrogens with one attached hydrogen (secondary N) is 1. The fourth-order valence-corrected chi connectivity index (χ4v) is 3.92. The van der Waals surface area contributed by atoms with Crippen molar-refractivity contribution in [3.05, 3.63) is 73.7 Å². The van der Waals surface area contributed by atoms with Gasteiger partial charge in [-0.15, -0.1) is 11.8 Å². The van der Waals surface area contributed by atoms with Crippen LogP contribution in [0, 0.1) is 11.3 Å². The van der Waals surface area contributed by atoms with Crippen molar-refractivity contribution >= 4 is 56.5 Å². The lowest BCUT2D eigenvalue weighted by atomic mass is 10.1. The van der Waals surface area contributed by atoms with E-state index in [9.17, 15) is 9.59 Å². The number of nitriles is 1. The molecule has 2 aromatic rings. The van der Waals surface area contributed by atoms with Gasteiger partial charge in [0.1, 0.15) is 0 Å². The maximum Gasteiger partial charge on any atom is 0.166 e. The van der Waals surface area contributed by atoms with Crippen molar-refractivity contribution in [3.63, 3.8) is 0 Å². The number of allylic oxidation sites excluding steroid dienone is 1. The minimum Gasteiger partial charge on any atom is -0.349 e. The van der Waals surface area contributed by atoms with Crippen molar-refractivity contribution in [2.45, 2.75) is 19.6 Å². The van der Waals surface area contributed by atoms with Crippen LogP contribution in [-0.2, 0) is 15.3 Å². The minimum atomic E-state index is -0.310. The molecule has 27 heavy (non-hydrogen) atoms. The lowest BCUT2D eigenvalue weighted by Gasteiger charge is -2.15. The third-order valence-electron chi connectivity index (χ3n) is 3.57. The highest BCUT2D eigenvalue weighted by atomic mass is 79.9. The first kappa shape index (κ1) is 21.2. The second kappa shape index (κ2) is 9.75. The lowest BCUT2D eigenvalue weighted by molar-refractivity contribution is -0.119. The molecular weight excluding hydrogens is 448 g/mol. The molecule has 0 bridgehead atoms. The van der Waals surface area contributed by atoms with Crippen LogP contribution in [0.1, 0.15) is 25.0 Å². The fraction of sp³-hybridized carbons (Fsp3) is 0.150. The SMILES string of the molecule is CC(=O)C(C(C)=O)=C(Nc1cc(Cl)ccc1Br)SCc1ccc(C#N)cc1. The number of benzene rings is 2. The third kappa shape index (κ3) is 5.96. The molecule has 0 amide bonds. The van der Waals surface area contributed by atoms with Gasteiger partial charge in [-0.1, -0.05) is 23.7 Å². The second-order valence-corrected chi connectivity index (χ2v) is 7.94. The van der Waals surface area contributed by atoms with Crippen LogP contribution in [0.4, 0.5) is 5.69 Å². The second-order valence-electron chi connectivity index (χ2n) is 5.66. The summed E-state index contributed by atoms with van der Waals surface area (Å²) in [6, 6.07) is 14.5. The number of halogens is 2. The highest BCUT2D eigenvalue weighted by Gasteiger charge is 2.18. The molecule has 0 unspecified atom stereocenters. The van der Waals surface area contributed by atoms with E-state index in [1.807, 2.05) is 12.1 Å². The number of nitrogens with zero attached hydrogens (tertiary/aromatic N) is 1. The van der Waals surface area contributed by atoms with Crippen molar-refractivity contribution in [1.82, 2.24) is 0 Å². The number of rotatable bonds is 7. The number of carbonyl (C=O) groups is 2. The zero-order valence-electron chi connectivity index (χ0n) is 14.7. The Kier molecular flexibility index (Phi) is 7.66. The predicted molar refractivity (Wildman–Crippen MR) is 114 cm³/mol. The number of thioether (sulfide) groups is 1. The van der Waals surface area contributed by atoms with E-state index in [0.29, 0.717) is 27.1 Å². The molecule has 0 aliphatic rings. The smallest absolute Gasteiger partial charge is 0.166 e. The molecule has 0 aliphatic heterocycles. The van der Waals surface area contributed by atoms with Gasteiger partial charge in [0.05, 0.1) is 27.9 Å². The predicted octanol–water partition coefficient (Wildman–Crippen LogP) is 5.71. The summed E-state index contributed by atoms with van der Waals surface area (Å²) >= 11 is 10.8. The number of ketones is 2. The normalized spacial score (nSPS) is 10.0. The van der Waals surface area contributed by atoms with Crippen LogP contribution in [0.25, 0.3) is 0 Å². The molecule has 138 valence electrons. The standard InChI is InChI=1S/C20H16BrClN2O2S/c1-12(25)19(13(2)26)20(24-18-9-16(22)7-8-17(18)21)27-11-15-5-3-14(10-23)4-6-15/h3-9,24H,11H2,1-2H3. The quantitative estimate of drug-likeness (QED) is 0.323. The van der Waals surface area contributed by atoms with E-state index in [1.54, 1.807) is 30.3 Å². The summed E-state index contributed by atoms with van der Waals surface area (Å²) < 4.78 is 0.759. The summed E-state index contributed by atoms with van der Waals surface area (Å²) in [5, 5.41) is 13.0. The number of anilines is 1. The van der Waals surface area contributed by atoms with Crippen LogP contribution in [0.5, 0.6) is 0 Å². The van der Waals surface area contributed by atoms with Crippen LogP contribution in [0.3, 0.4) is 0 Å². The van der Waals surface area contributed by atoms with E-state index in [2.05, 4.69) is 27.3 Å². The fourth-order valence-electron chi connectivity index (χ4n) is 2.29. The van der Waals surface area contributed by atoms with E-state index < -0.39 is 0 Å². The largest absolute Gasteiger partial charge is 0.349 e. The molecule has 0 saturated heterocycles. The first-order chi connectivity index (χ1) is 12.8. The van der Waals surface area contributed by atoms with Gasteiger partial charge in [0.2, 0.25) is 0 Å². The van der Waals surface area contributed by atoms with Gasteiger partial charge >= 0.3 is 0 Å². The Hall–Kier alpha value is -2.07. The minimum absolute atomic E-state index is 0.112. The number of Topliss-reactive ketones (excluding diaryl/α,β-unsaturated/α-hetero) is 2. The summed E-state index contributed by atoms with van der Waals surface area (Å²) in [6.45, 7) is 2.74. The summed E-state index contributed by atoms with van der Waals surface area (Å²) in [6.07, 6.45) is 0. The van der Waals surface area contributed by atoms with Gasteiger partial charge in [-0.25, -0.2) is 0 Å². The Bertz CT molecular complexity index is 933. The maximum atomic E-state index is 12.1. The Morgan fingerprint density at radius 2 is 1.78 bits per heavy atom. The molecule has 1 N–H and O–H groups in total. The molecule has 0 spiro atoms. The molecule has 2 aromatic carbocycles. The summed E-state index contributed by atoms with van der Waals surface area (Å²) in [7, 11) is 0. The van der Waals surface area contributed by atoms with Gasteiger partial charge in [0.15, 0.2) is 11.6 Å². The highest BCUT2D eigenvalue weighted by Crippen LogP contribution is 2.32. The molecular formula is C20H16BrClN2O2S. The number of hydrogen-bond acceptors (Lipinski definition) is 5. The Morgan fingerprint density at radius 1 is 1.15 bits per heavy atom. The summed E-state index contributed by atoms with van der Waals surface area (Å²) in [4.78, 5) is 24.1. The van der Waals surface area contributed by atoms with E-state index in [-0.39, 0.29) is 17.1 Å². The first-order valence-corrected chi connectivity index (χ1v) is 10.1. The van der Waals surface area contributed by atoms with Crippen molar-refractivity contribution < 1.29 is 9.59 Å². The van der Waals surface area contributed by atoms with Gasteiger partial charge in [-0.3, -0.25) is 9.59 Å². The zero-order chi connectivity index (χ0) is 20.0. The van der Waals surface area contributed by atoms with Crippen molar-refractivity contribution in [2.75, 3.05) is 5.32 Å². The molecule has 0 aliphatic carbocycles. The zero-order valence-corrected chi connectivity index (χ0v) is 17.8. The Morgan fingerprint density at radius 3 is 2.33 bits per heavy atom. The van der Waals surface area contributed by atoms with E-state index in [1.165, 1.54) is 25.6 Å². The molecule has 0 saturated carbocycles. The van der Waals surface area contributed by atoms with E-state index >= 15 is 0 Å². The first-order valence-electron chi connectivity index (χ1n) is 7.92. The third-order valence-corrected chi connectivity index (χ3v) is 5.57. The highest BCUT2D eigenvalue weighted by molar-refractivity contribution is 9.10. The van der Waals surface area contributed by atoms with Crippen LogP contribution in [-0.4, -0.2) is 11.6 Å². The van der Waals surface area contributed by atoms with E-state index in [0.717, 1.165) is 10.0 Å². The monoisotopic (exact) mass is 462 g/mol.